The first-order chi connectivity index (χ1) is 11.7. The van der Waals surface area contributed by atoms with Crippen LogP contribution in [0, 0.1) is 0 Å². The average molecular weight is 360 g/mol. The van der Waals surface area contributed by atoms with Crippen LogP contribution in [0.3, 0.4) is 0 Å². The number of hydrogen-bond donors (Lipinski definition) is 1. The fourth-order valence-corrected chi connectivity index (χ4v) is 2.82. The topological polar surface area (TPSA) is 83.6 Å². The highest BCUT2D eigenvalue weighted by molar-refractivity contribution is 7.90. The molecule has 0 unspecified atom stereocenters. The van der Waals surface area contributed by atoms with E-state index in [4.69, 9.17) is 0 Å². The zero-order valence-electron chi connectivity index (χ0n) is 14.3. The normalized spacial score (nSPS) is 11.0. The van der Waals surface area contributed by atoms with E-state index in [9.17, 15) is 18.0 Å². The van der Waals surface area contributed by atoms with Gasteiger partial charge in [-0.25, -0.2) is 8.42 Å². The molecular weight excluding hydrogens is 340 g/mol. The minimum Gasteiger partial charge on any atom is -0.342 e. The third-order valence-electron chi connectivity index (χ3n) is 3.69. The third-order valence-corrected chi connectivity index (χ3v) is 4.82. The molecule has 0 atom stereocenters. The molecule has 1 N–H and O–H groups in total. The van der Waals surface area contributed by atoms with Crippen LogP contribution in [-0.4, -0.2) is 38.4 Å². The van der Waals surface area contributed by atoms with Crippen LogP contribution in [0.2, 0.25) is 0 Å². The van der Waals surface area contributed by atoms with Gasteiger partial charge in [-0.1, -0.05) is 12.1 Å². The first-order valence-corrected chi connectivity index (χ1v) is 9.48. The fourth-order valence-electron chi connectivity index (χ4n) is 2.19. The van der Waals surface area contributed by atoms with Crippen LogP contribution in [-0.2, 0) is 21.2 Å². The molecule has 0 fully saturated rings. The molecule has 6 nitrogen and oxygen atoms in total. The predicted molar refractivity (Wildman–Crippen MR) is 96.1 cm³/mol. The number of carbonyl (C=O) groups excluding carboxylic acids is 2. The molecule has 2 amide bonds. The lowest BCUT2D eigenvalue weighted by atomic mass is 10.1. The Morgan fingerprint density at radius 3 is 2.28 bits per heavy atom. The second-order valence-corrected chi connectivity index (χ2v) is 7.84. The number of carbonyl (C=O) groups is 2. The summed E-state index contributed by atoms with van der Waals surface area (Å²) in [7, 11) is -1.59. The molecule has 0 saturated carbocycles. The smallest absolute Gasteiger partial charge is 0.255 e. The predicted octanol–water partition coefficient (Wildman–Crippen LogP) is 2.32. The molecule has 0 spiro atoms. The molecule has 0 aliphatic carbocycles. The zero-order valence-corrected chi connectivity index (χ0v) is 15.1. The Morgan fingerprint density at radius 2 is 1.72 bits per heavy atom. The zero-order chi connectivity index (χ0) is 18.6. The number of sulfone groups is 1. The maximum absolute atomic E-state index is 12.3. The summed E-state index contributed by atoms with van der Waals surface area (Å²) < 4.78 is 22.9. The van der Waals surface area contributed by atoms with Crippen LogP contribution in [0.5, 0.6) is 0 Å². The van der Waals surface area contributed by atoms with Gasteiger partial charge in [-0.3, -0.25) is 9.59 Å². The number of nitrogens with one attached hydrogen (secondary N) is 1. The molecule has 0 aromatic heterocycles. The molecule has 0 aliphatic rings. The van der Waals surface area contributed by atoms with Crippen LogP contribution in [0.15, 0.2) is 53.4 Å². The Bertz CT molecular complexity index is 890. The van der Waals surface area contributed by atoms with Crippen molar-refractivity contribution in [3.05, 3.63) is 59.7 Å². The Morgan fingerprint density at radius 1 is 1.08 bits per heavy atom. The summed E-state index contributed by atoms with van der Waals surface area (Å²) >= 11 is 0. The highest BCUT2D eigenvalue weighted by atomic mass is 32.2. The van der Waals surface area contributed by atoms with E-state index in [1.165, 1.54) is 31.2 Å². The Balaban J connectivity index is 2.11. The summed E-state index contributed by atoms with van der Waals surface area (Å²) in [6.45, 7) is 1.94. The first kappa shape index (κ1) is 18.7. The van der Waals surface area contributed by atoms with Crippen LogP contribution in [0.4, 0.5) is 5.69 Å². The number of benzene rings is 2. The van der Waals surface area contributed by atoms with E-state index >= 15 is 0 Å². The summed E-state index contributed by atoms with van der Waals surface area (Å²) in [5.41, 5.74) is 1.85. The van der Waals surface area contributed by atoms with Crippen LogP contribution >= 0.6 is 0 Å². The van der Waals surface area contributed by atoms with Crippen molar-refractivity contribution in [3.8, 4) is 0 Å². The molecule has 2 rings (SSSR count). The summed E-state index contributed by atoms with van der Waals surface area (Å²) in [5.74, 6) is -0.377. The monoisotopic (exact) mass is 360 g/mol. The Kier molecular flexibility index (Phi) is 5.58. The SMILES string of the molecule is CC(=O)N(C)Cc1cccc(NC(=O)c2ccc(S(C)(=O)=O)cc2)c1. The lowest BCUT2D eigenvalue weighted by Gasteiger charge is -2.15. The summed E-state index contributed by atoms with van der Waals surface area (Å²) in [4.78, 5) is 25.3. The molecule has 0 aliphatic heterocycles. The second kappa shape index (κ2) is 7.48. The van der Waals surface area contributed by atoms with Crippen molar-refractivity contribution in [1.82, 2.24) is 4.90 Å². The van der Waals surface area contributed by atoms with Gasteiger partial charge in [0.1, 0.15) is 0 Å². The van der Waals surface area contributed by atoms with E-state index in [-0.39, 0.29) is 16.7 Å². The van der Waals surface area contributed by atoms with Crippen LogP contribution in [0.25, 0.3) is 0 Å². The standard InChI is InChI=1S/C18H20N2O4S/c1-13(21)20(2)12-14-5-4-6-16(11-14)19-18(22)15-7-9-17(10-8-15)25(3,23)24/h4-11H,12H2,1-3H3,(H,19,22). The molecule has 0 radical (unpaired) electrons. The van der Waals surface area contributed by atoms with Crippen LogP contribution in [0.1, 0.15) is 22.8 Å². The quantitative estimate of drug-likeness (QED) is 0.887. The third kappa shape index (κ3) is 5.15. The van der Waals surface area contributed by atoms with Crippen molar-refractivity contribution in [2.75, 3.05) is 18.6 Å². The van der Waals surface area contributed by atoms with Gasteiger partial charge >= 0.3 is 0 Å². The first-order valence-electron chi connectivity index (χ1n) is 7.59. The number of hydrogen-bond acceptors (Lipinski definition) is 4. The van der Waals surface area contributed by atoms with Crippen molar-refractivity contribution < 1.29 is 18.0 Å². The van der Waals surface area contributed by atoms with Crippen LogP contribution < -0.4 is 5.32 Å². The van der Waals surface area contributed by atoms with E-state index in [1.807, 2.05) is 6.07 Å². The van der Waals surface area contributed by atoms with E-state index in [0.717, 1.165) is 11.8 Å². The number of rotatable bonds is 5. The highest BCUT2D eigenvalue weighted by Gasteiger charge is 2.11. The van der Waals surface area contributed by atoms with Gasteiger partial charge in [0, 0.05) is 38.0 Å². The van der Waals surface area contributed by atoms with Gasteiger partial charge in [-0.2, -0.15) is 0 Å². The minimum atomic E-state index is -3.29. The lowest BCUT2D eigenvalue weighted by Crippen LogP contribution is -2.23. The van der Waals surface area contributed by atoms with Crippen molar-refractivity contribution in [1.29, 1.82) is 0 Å². The van der Waals surface area contributed by atoms with Crippen molar-refractivity contribution >= 4 is 27.3 Å². The number of amides is 2. The van der Waals surface area contributed by atoms with Crippen molar-refractivity contribution in [3.63, 3.8) is 0 Å². The molecule has 0 bridgehead atoms. The molecule has 2 aromatic rings. The fraction of sp³-hybridized carbons (Fsp3) is 0.222. The summed E-state index contributed by atoms with van der Waals surface area (Å²) in [6, 6.07) is 13.0. The van der Waals surface area contributed by atoms with Crippen molar-refractivity contribution in [2.24, 2.45) is 0 Å². The van der Waals surface area contributed by atoms with Gasteiger partial charge in [0.05, 0.1) is 4.90 Å². The Hall–Kier alpha value is -2.67. The van der Waals surface area contributed by atoms with Gasteiger partial charge in [0.2, 0.25) is 5.91 Å². The minimum absolute atomic E-state index is 0.0413. The Labute approximate surface area is 147 Å². The maximum atomic E-state index is 12.3. The number of anilines is 1. The van der Waals surface area contributed by atoms with Gasteiger partial charge < -0.3 is 10.2 Å². The van der Waals surface area contributed by atoms with E-state index in [2.05, 4.69) is 5.32 Å². The highest BCUT2D eigenvalue weighted by Crippen LogP contribution is 2.15. The van der Waals surface area contributed by atoms with E-state index in [0.29, 0.717) is 17.8 Å². The molecule has 2 aromatic carbocycles. The van der Waals surface area contributed by atoms with Gasteiger partial charge in [-0.15, -0.1) is 0 Å². The van der Waals surface area contributed by atoms with E-state index in [1.54, 1.807) is 30.1 Å². The molecule has 25 heavy (non-hydrogen) atoms. The average Bonchev–Trinajstić information content (AvgIpc) is 2.54. The molecule has 0 heterocycles. The maximum Gasteiger partial charge on any atom is 0.255 e. The second-order valence-electron chi connectivity index (χ2n) is 5.83. The molecule has 7 heteroatoms. The van der Waals surface area contributed by atoms with Crippen molar-refractivity contribution in [2.45, 2.75) is 18.4 Å². The number of nitrogens with zero attached hydrogens (tertiary/aromatic N) is 1. The largest absolute Gasteiger partial charge is 0.342 e. The summed E-state index contributed by atoms with van der Waals surface area (Å²) in [6.07, 6.45) is 1.12. The van der Waals surface area contributed by atoms with E-state index < -0.39 is 9.84 Å². The lowest BCUT2D eigenvalue weighted by molar-refractivity contribution is -0.128. The van der Waals surface area contributed by atoms with Gasteiger partial charge in [0.25, 0.3) is 5.91 Å². The molecular formula is C18H20N2O4S. The molecule has 132 valence electrons. The summed E-state index contributed by atoms with van der Waals surface area (Å²) in [5, 5.41) is 2.77. The van der Waals surface area contributed by atoms with Gasteiger partial charge in [0.15, 0.2) is 9.84 Å². The molecule has 0 saturated heterocycles. The van der Waals surface area contributed by atoms with Gasteiger partial charge in [-0.05, 0) is 42.0 Å².